The number of hydrogen-bond acceptors (Lipinski definition) is 7. The zero-order chi connectivity index (χ0) is 26.6. The molecule has 2 aromatic carbocycles. The van der Waals surface area contributed by atoms with Gasteiger partial charge < -0.3 is 14.2 Å². The van der Waals surface area contributed by atoms with Crippen molar-refractivity contribution in [3.05, 3.63) is 70.7 Å². The molecule has 192 valence electrons. The van der Waals surface area contributed by atoms with E-state index < -0.39 is 11.6 Å². The maximum absolute atomic E-state index is 15.7. The van der Waals surface area contributed by atoms with Gasteiger partial charge in [-0.2, -0.15) is 5.26 Å². The fourth-order valence-corrected chi connectivity index (χ4v) is 5.27. The standard InChI is InChI=1S/C28H26FN7O2/c1-33(2)19-8-11-35(12-9-19)27-32-25(18-6-4-17(16-30)5-7-18)24(26-31-10-13-36(26)27)20-14-23-22(15-21(20)29)34(3)28(37)38-23/h4-7,10,13-15,19H,8-9,11-12H2,1-3H3. The van der Waals surface area contributed by atoms with Crippen molar-refractivity contribution in [1.82, 2.24) is 23.8 Å². The number of oxazole rings is 1. The quantitative estimate of drug-likeness (QED) is 0.359. The fraction of sp³-hybridized carbons (Fsp3) is 0.286. The monoisotopic (exact) mass is 511 g/mol. The van der Waals surface area contributed by atoms with Crippen LogP contribution in [0.1, 0.15) is 18.4 Å². The number of rotatable bonds is 4. The average Bonchev–Trinajstić information content (AvgIpc) is 3.52. The summed E-state index contributed by atoms with van der Waals surface area (Å²) in [5.41, 5.74) is 3.67. The number of piperidine rings is 1. The molecule has 1 aliphatic rings. The number of fused-ring (bicyclic) bond motifs is 2. The lowest BCUT2D eigenvalue weighted by Gasteiger charge is -2.36. The van der Waals surface area contributed by atoms with Crippen LogP contribution in [0, 0.1) is 17.1 Å². The Balaban J connectivity index is 1.60. The van der Waals surface area contributed by atoms with E-state index in [1.54, 1.807) is 18.3 Å². The molecule has 5 aromatic rings. The Kier molecular flexibility index (Phi) is 5.73. The number of hydrogen-bond donors (Lipinski definition) is 0. The molecular weight excluding hydrogens is 485 g/mol. The van der Waals surface area contributed by atoms with Gasteiger partial charge in [0.05, 0.1) is 28.4 Å². The maximum atomic E-state index is 15.7. The number of aryl methyl sites for hydroxylation is 1. The van der Waals surface area contributed by atoms with Crippen LogP contribution in [0.2, 0.25) is 0 Å². The fourth-order valence-electron chi connectivity index (χ4n) is 5.27. The zero-order valence-electron chi connectivity index (χ0n) is 21.3. The van der Waals surface area contributed by atoms with Gasteiger partial charge in [0, 0.05) is 55.8 Å². The van der Waals surface area contributed by atoms with E-state index in [0.29, 0.717) is 34.0 Å². The molecule has 9 nitrogen and oxygen atoms in total. The molecule has 0 bridgehead atoms. The number of aromatic nitrogens is 4. The molecule has 0 amide bonds. The van der Waals surface area contributed by atoms with E-state index in [9.17, 15) is 10.1 Å². The van der Waals surface area contributed by atoms with Gasteiger partial charge in [-0.05, 0) is 45.1 Å². The highest BCUT2D eigenvalue weighted by Crippen LogP contribution is 2.39. The predicted molar refractivity (Wildman–Crippen MR) is 142 cm³/mol. The molecule has 0 saturated carbocycles. The minimum atomic E-state index is -0.565. The van der Waals surface area contributed by atoms with Crippen molar-refractivity contribution in [2.75, 3.05) is 32.1 Å². The molecule has 1 aliphatic heterocycles. The summed E-state index contributed by atoms with van der Waals surface area (Å²) in [7, 11) is 5.74. The summed E-state index contributed by atoms with van der Waals surface area (Å²) in [5.74, 6) is -0.356. The van der Waals surface area contributed by atoms with Gasteiger partial charge in [0.2, 0.25) is 5.95 Å². The molecule has 0 atom stereocenters. The van der Waals surface area contributed by atoms with Crippen LogP contribution in [-0.2, 0) is 7.05 Å². The van der Waals surface area contributed by atoms with E-state index in [0.717, 1.165) is 37.4 Å². The normalized spacial score (nSPS) is 14.6. The Morgan fingerprint density at radius 3 is 2.58 bits per heavy atom. The number of nitrogens with zero attached hydrogens (tertiary/aromatic N) is 7. The molecular formula is C28H26FN7O2. The first kappa shape index (κ1) is 23.9. The molecule has 4 heterocycles. The first-order chi connectivity index (χ1) is 18.4. The zero-order valence-corrected chi connectivity index (χ0v) is 21.3. The molecule has 0 spiro atoms. The summed E-state index contributed by atoms with van der Waals surface area (Å²) in [6.45, 7) is 1.65. The Hall–Kier alpha value is -4.49. The van der Waals surface area contributed by atoms with Crippen LogP contribution in [0.5, 0.6) is 0 Å². The van der Waals surface area contributed by atoms with Gasteiger partial charge in [-0.3, -0.25) is 8.97 Å². The van der Waals surface area contributed by atoms with Crippen molar-refractivity contribution >= 4 is 22.7 Å². The van der Waals surface area contributed by atoms with Gasteiger partial charge in [0.25, 0.3) is 0 Å². The van der Waals surface area contributed by atoms with Gasteiger partial charge in [-0.15, -0.1) is 0 Å². The summed E-state index contributed by atoms with van der Waals surface area (Å²) >= 11 is 0. The molecule has 3 aromatic heterocycles. The largest absolute Gasteiger partial charge is 0.419 e. The van der Waals surface area contributed by atoms with Crippen LogP contribution < -0.4 is 10.7 Å². The minimum Gasteiger partial charge on any atom is -0.408 e. The Morgan fingerprint density at radius 1 is 1.16 bits per heavy atom. The SMILES string of the molecule is CN(C)C1CCN(c2nc(-c3ccc(C#N)cc3)c(-c3cc4oc(=O)n(C)c4cc3F)c3nccn23)CC1. The van der Waals surface area contributed by atoms with Crippen molar-refractivity contribution in [3.8, 4) is 28.5 Å². The van der Waals surface area contributed by atoms with E-state index in [1.807, 2.05) is 22.7 Å². The molecule has 6 rings (SSSR count). The summed E-state index contributed by atoms with van der Waals surface area (Å²) < 4.78 is 24.3. The highest BCUT2D eigenvalue weighted by atomic mass is 19.1. The Bertz CT molecular complexity index is 1770. The number of benzene rings is 2. The molecule has 0 N–H and O–H groups in total. The smallest absolute Gasteiger partial charge is 0.408 e. The maximum Gasteiger partial charge on any atom is 0.419 e. The van der Waals surface area contributed by atoms with Gasteiger partial charge in [0.1, 0.15) is 11.5 Å². The van der Waals surface area contributed by atoms with E-state index in [1.165, 1.54) is 23.7 Å². The lowest BCUT2D eigenvalue weighted by molar-refractivity contribution is 0.249. The van der Waals surface area contributed by atoms with Crippen LogP contribution in [0.25, 0.3) is 39.1 Å². The van der Waals surface area contributed by atoms with E-state index in [-0.39, 0.29) is 11.1 Å². The van der Waals surface area contributed by atoms with E-state index >= 15 is 4.39 Å². The van der Waals surface area contributed by atoms with Crippen molar-refractivity contribution in [3.63, 3.8) is 0 Å². The van der Waals surface area contributed by atoms with Gasteiger partial charge in [0.15, 0.2) is 5.58 Å². The third-order valence-corrected chi connectivity index (χ3v) is 7.44. The highest BCUT2D eigenvalue weighted by molar-refractivity contribution is 5.94. The van der Waals surface area contributed by atoms with Crippen LogP contribution in [0.4, 0.5) is 10.3 Å². The van der Waals surface area contributed by atoms with E-state index in [2.05, 4.69) is 34.9 Å². The van der Waals surface area contributed by atoms with Gasteiger partial charge in [-0.25, -0.2) is 19.2 Å². The Labute approximate surface area is 218 Å². The van der Waals surface area contributed by atoms with Crippen molar-refractivity contribution < 1.29 is 8.81 Å². The number of anilines is 1. The predicted octanol–water partition coefficient (Wildman–Crippen LogP) is 4.05. The molecule has 0 unspecified atom stereocenters. The lowest BCUT2D eigenvalue weighted by Crippen LogP contribution is -2.43. The second kappa shape index (κ2) is 9.11. The molecule has 1 fully saturated rings. The summed E-state index contributed by atoms with van der Waals surface area (Å²) in [4.78, 5) is 26.3. The summed E-state index contributed by atoms with van der Waals surface area (Å²) in [6.07, 6.45) is 5.51. The first-order valence-electron chi connectivity index (χ1n) is 12.4. The minimum absolute atomic E-state index is 0.229. The molecule has 38 heavy (non-hydrogen) atoms. The topological polar surface area (TPSA) is 95.6 Å². The van der Waals surface area contributed by atoms with Crippen molar-refractivity contribution in [1.29, 1.82) is 5.26 Å². The molecule has 10 heteroatoms. The second-order valence-electron chi connectivity index (χ2n) is 9.85. The van der Waals surface area contributed by atoms with Crippen LogP contribution in [-0.4, -0.2) is 57.1 Å². The lowest BCUT2D eigenvalue weighted by atomic mass is 9.98. The van der Waals surface area contributed by atoms with Crippen molar-refractivity contribution in [2.24, 2.45) is 7.05 Å². The summed E-state index contributed by atoms with van der Waals surface area (Å²) in [6, 6.07) is 12.5. The van der Waals surface area contributed by atoms with Crippen LogP contribution in [0.3, 0.4) is 0 Å². The molecule has 1 saturated heterocycles. The van der Waals surface area contributed by atoms with Gasteiger partial charge in [-0.1, -0.05) is 12.1 Å². The highest BCUT2D eigenvalue weighted by Gasteiger charge is 2.27. The third-order valence-electron chi connectivity index (χ3n) is 7.44. The average molecular weight is 512 g/mol. The third kappa shape index (κ3) is 3.83. The number of imidazole rings is 1. The molecule has 0 radical (unpaired) electrons. The van der Waals surface area contributed by atoms with Gasteiger partial charge >= 0.3 is 5.76 Å². The number of halogens is 1. The summed E-state index contributed by atoms with van der Waals surface area (Å²) in [5, 5.41) is 9.30. The van der Waals surface area contributed by atoms with Crippen LogP contribution in [0.15, 0.2) is 58.0 Å². The second-order valence-corrected chi connectivity index (χ2v) is 9.85. The molecule has 0 aliphatic carbocycles. The number of nitriles is 1. The van der Waals surface area contributed by atoms with Crippen molar-refractivity contribution in [2.45, 2.75) is 18.9 Å². The van der Waals surface area contributed by atoms with Crippen LogP contribution >= 0.6 is 0 Å². The Morgan fingerprint density at radius 2 is 1.89 bits per heavy atom. The first-order valence-corrected chi connectivity index (χ1v) is 12.4. The van der Waals surface area contributed by atoms with E-state index in [4.69, 9.17) is 9.40 Å².